The van der Waals surface area contributed by atoms with Crippen LogP contribution in [0.1, 0.15) is 43.8 Å². The molecule has 18 heavy (non-hydrogen) atoms. The first-order valence-electron chi connectivity index (χ1n) is 5.70. The lowest BCUT2D eigenvalue weighted by Crippen LogP contribution is -2.28. The van der Waals surface area contributed by atoms with E-state index in [1.807, 2.05) is 0 Å². The summed E-state index contributed by atoms with van der Waals surface area (Å²) in [6.45, 7) is 0. The lowest BCUT2D eigenvalue weighted by Gasteiger charge is -2.27. The number of alkyl halides is 2. The molecule has 2 unspecified atom stereocenters. The van der Waals surface area contributed by atoms with Gasteiger partial charge < -0.3 is 5.11 Å². The van der Waals surface area contributed by atoms with E-state index in [9.17, 15) is 24.0 Å². The van der Waals surface area contributed by atoms with Gasteiger partial charge in [-0.1, -0.05) is 12.8 Å². The molecule has 0 radical (unpaired) electrons. The van der Waals surface area contributed by atoms with Crippen LogP contribution < -0.4 is 0 Å². The summed E-state index contributed by atoms with van der Waals surface area (Å²) in [5.74, 6) is 0. The molecule has 1 aliphatic rings. The van der Waals surface area contributed by atoms with Crippen molar-refractivity contribution < 1.29 is 18.8 Å². The third-order valence-electron chi connectivity index (χ3n) is 3.18. The molecule has 0 saturated heterocycles. The molecule has 0 bridgehead atoms. The molecule has 0 spiro atoms. The van der Waals surface area contributed by atoms with Crippen LogP contribution in [0.15, 0.2) is 6.20 Å². The van der Waals surface area contributed by atoms with Crippen LogP contribution in [0.4, 0.5) is 14.5 Å². The van der Waals surface area contributed by atoms with Gasteiger partial charge >= 0.3 is 5.69 Å². The fraction of sp³-hybridized carbons (Fsp3) is 0.700. The predicted molar refractivity (Wildman–Crippen MR) is 57.4 cm³/mol. The van der Waals surface area contributed by atoms with Gasteiger partial charge in [0.25, 0.3) is 6.43 Å². The van der Waals surface area contributed by atoms with Gasteiger partial charge in [-0.2, -0.15) is 5.10 Å². The minimum atomic E-state index is -2.99. The molecule has 1 saturated carbocycles. The van der Waals surface area contributed by atoms with Crippen LogP contribution >= 0.6 is 0 Å². The summed E-state index contributed by atoms with van der Waals surface area (Å²) in [4.78, 5) is 9.79. The normalized spacial score (nSPS) is 24.4. The Hall–Kier alpha value is -1.57. The highest BCUT2D eigenvalue weighted by Gasteiger charge is 2.32. The molecule has 2 rings (SSSR count). The van der Waals surface area contributed by atoms with E-state index in [0.717, 1.165) is 23.7 Å². The summed E-state index contributed by atoms with van der Waals surface area (Å²) in [5.41, 5.74) is -1.53. The number of aliphatic hydroxyl groups excluding tert-OH is 1. The molecule has 0 amide bonds. The van der Waals surface area contributed by atoms with E-state index in [0.29, 0.717) is 12.8 Å². The fourth-order valence-corrected chi connectivity index (χ4v) is 2.26. The van der Waals surface area contributed by atoms with Crippen LogP contribution in [0.5, 0.6) is 0 Å². The van der Waals surface area contributed by atoms with Crippen LogP contribution in [0.25, 0.3) is 0 Å². The molecular weight excluding hydrogens is 248 g/mol. The van der Waals surface area contributed by atoms with Crippen molar-refractivity contribution >= 4 is 5.69 Å². The molecule has 2 atom stereocenters. The topological polar surface area (TPSA) is 81.2 Å². The van der Waals surface area contributed by atoms with Crippen molar-refractivity contribution in [1.29, 1.82) is 0 Å². The van der Waals surface area contributed by atoms with Crippen LogP contribution in [0.3, 0.4) is 0 Å². The zero-order valence-corrected chi connectivity index (χ0v) is 9.50. The number of rotatable bonds is 3. The number of aromatic nitrogens is 2. The molecule has 1 fully saturated rings. The number of nitro groups is 1. The molecule has 0 aliphatic heterocycles. The molecule has 0 aromatic carbocycles. The van der Waals surface area contributed by atoms with Crippen LogP contribution in [0, 0.1) is 10.1 Å². The highest BCUT2D eigenvalue weighted by atomic mass is 19.3. The molecule has 1 aromatic rings. The Kier molecular flexibility index (Phi) is 3.55. The Bertz CT molecular complexity index is 450. The molecule has 1 N–H and O–H groups in total. The summed E-state index contributed by atoms with van der Waals surface area (Å²) >= 11 is 0. The largest absolute Gasteiger partial charge is 0.391 e. The van der Waals surface area contributed by atoms with Crippen molar-refractivity contribution in [3.8, 4) is 0 Å². The van der Waals surface area contributed by atoms with Gasteiger partial charge in [0.1, 0.15) is 6.20 Å². The first-order valence-corrected chi connectivity index (χ1v) is 5.70. The summed E-state index contributed by atoms with van der Waals surface area (Å²) in [7, 11) is 0. The second kappa shape index (κ2) is 4.97. The van der Waals surface area contributed by atoms with Gasteiger partial charge in [0.15, 0.2) is 0 Å². The van der Waals surface area contributed by atoms with E-state index in [1.54, 1.807) is 0 Å². The van der Waals surface area contributed by atoms with Crippen molar-refractivity contribution in [3.63, 3.8) is 0 Å². The summed E-state index contributed by atoms with van der Waals surface area (Å²) < 4.78 is 26.4. The lowest BCUT2D eigenvalue weighted by atomic mass is 9.93. The quantitative estimate of drug-likeness (QED) is 0.668. The van der Waals surface area contributed by atoms with E-state index >= 15 is 0 Å². The van der Waals surface area contributed by atoms with Crippen molar-refractivity contribution in [2.24, 2.45) is 0 Å². The van der Waals surface area contributed by atoms with Crippen LogP contribution in [-0.2, 0) is 0 Å². The average molecular weight is 261 g/mol. The first-order chi connectivity index (χ1) is 8.50. The van der Waals surface area contributed by atoms with Crippen LogP contribution in [-0.4, -0.2) is 25.9 Å². The maximum absolute atomic E-state index is 12.6. The zero-order chi connectivity index (χ0) is 13.3. The number of hydrogen-bond donors (Lipinski definition) is 1. The van der Waals surface area contributed by atoms with Gasteiger partial charge in [-0.25, -0.2) is 8.78 Å². The van der Waals surface area contributed by atoms with Gasteiger partial charge in [-0.15, -0.1) is 0 Å². The zero-order valence-electron chi connectivity index (χ0n) is 9.50. The smallest absolute Gasteiger partial charge is 0.316 e. The number of aliphatic hydroxyl groups is 1. The second-order valence-corrected chi connectivity index (χ2v) is 4.36. The monoisotopic (exact) mass is 261 g/mol. The Morgan fingerprint density at radius 3 is 2.67 bits per heavy atom. The predicted octanol–water partition coefficient (Wildman–Crippen LogP) is 2.20. The van der Waals surface area contributed by atoms with E-state index in [-0.39, 0.29) is 0 Å². The third-order valence-corrected chi connectivity index (χ3v) is 3.18. The van der Waals surface area contributed by atoms with Gasteiger partial charge in [0, 0.05) is 0 Å². The Morgan fingerprint density at radius 1 is 1.50 bits per heavy atom. The molecule has 1 heterocycles. The van der Waals surface area contributed by atoms with Gasteiger partial charge in [-0.05, 0) is 12.8 Å². The number of hydrogen-bond acceptors (Lipinski definition) is 4. The number of halogens is 2. The minimum absolute atomic E-state index is 0.454. The molecule has 1 aromatic heterocycles. The maximum atomic E-state index is 12.6. The second-order valence-electron chi connectivity index (χ2n) is 4.36. The Morgan fingerprint density at radius 2 is 2.17 bits per heavy atom. The van der Waals surface area contributed by atoms with Crippen molar-refractivity contribution in [2.45, 2.75) is 44.3 Å². The van der Waals surface area contributed by atoms with E-state index in [2.05, 4.69) is 5.10 Å². The SMILES string of the molecule is O=[N+]([O-])c1cn(C2CCCCC2O)nc1C(F)F. The maximum Gasteiger partial charge on any atom is 0.316 e. The lowest BCUT2D eigenvalue weighted by molar-refractivity contribution is -0.386. The highest BCUT2D eigenvalue weighted by Crippen LogP contribution is 2.33. The molecule has 6 nitrogen and oxygen atoms in total. The van der Waals surface area contributed by atoms with Gasteiger partial charge in [0.2, 0.25) is 5.69 Å². The van der Waals surface area contributed by atoms with Crippen molar-refractivity contribution in [3.05, 3.63) is 22.0 Å². The molecule has 8 heteroatoms. The molecule has 1 aliphatic carbocycles. The van der Waals surface area contributed by atoms with Gasteiger partial charge in [-0.3, -0.25) is 14.8 Å². The first kappa shape index (κ1) is 12.9. The molecule has 100 valence electrons. The van der Waals surface area contributed by atoms with E-state index in [1.165, 1.54) is 0 Å². The van der Waals surface area contributed by atoms with Gasteiger partial charge in [0.05, 0.1) is 17.1 Å². The summed E-state index contributed by atoms with van der Waals surface area (Å²) in [6, 6.07) is -0.454. The number of nitrogens with zero attached hydrogens (tertiary/aromatic N) is 3. The standard InChI is InChI=1S/C10H13F2N3O3/c11-10(12)9-7(15(17)18)5-14(13-9)6-3-1-2-4-8(6)16/h5-6,8,10,16H,1-4H2. The van der Waals surface area contributed by atoms with Crippen molar-refractivity contribution in [2.75, 3.05) is 0 Å². The van der Waals surface area contributed by atoms with E-state index in [4.69, 9.17) is 0 Å². The summed E-state index contributed by atoms with van der Waals surface area (Å²) in [6.07, 6.45) is 0.157. The Balaban J connectivity index is 2.33. The highest BCUT2D eigenvalue weighted by molar-refractivity contribution is 5.33. The fourth-order valence-electron chi connectivity index (χ4n) is 2.26. The Labute approximate surface area is 101 Å². The van der Waals surface area contributed by atoms with E-state index < -0.39 is 34.9 Å². The third kappa shape index (κ3) is 2.33. The van der Waals surface area contributed by atoms with Crippen LogP contribution in [0.2, 0.25) is 0 Å². The summed E-state index contributed by atoms with van der Waals surface area (Å²) in [5, 5.41) is 24.0. The average Bonchev–Trinajstić information content (AvgIpc) is 2.74. The minimum Gasteiger partial charge on any atom is -0.391 e. The van der Waals surface area contributed by atoms with Crippen molar-refractivity contribution in [1.82, 2.24) is 9.78 Å². The molecular formula is C10H13F2N3O3.